The number of benzene rings is 2. The summed E-state index contributed by atoms with van der Waals surface area (Å²) in [5, 5.41) is 0.0347. The lowest BCUT2D eigenvalue weighted by atomic mass is 10.0. The van der Waals surface area contributed by atoms with Crippen LogP contribution < -0.4 is 4.90 Å². The minimum Gasteiger partial charge on any atom is -0.377 e. The molecule has 0 bridgehead atoms. The van der Waals surface area contributed by atoms with Crippen molar-refractivity contribution in [2.24, 2.45) is 5.41 Å². The Morgan fingerprint density at radius 1 is 1.16 bits per heavy atom. The maximum Gasteiger partial charge on any atom is 0.219 e. The van der Waals surface area contributed by atoms with Crippen LogP contribution >= 0.6 is 11.8 Å². The molecule has 1 aliphatic heterocycles. The zero-order valence-corrected chi connectivity index (χ0v) is 19.7. The van der Waals surface area contributed by atoms with E-state index in [4.69, 9.17) is 14.7 Å². The molecule has 3 aromatic rings. The van der Waals surface area contributed by atoms with Crippen LogP contribution in [0.15, 0.2) is 42.5 Å². The third-order valence-corrected chi connectivity index (χ3v) is 6.78. The summed E-state index contributed by atoms with van der Waals surface area (Å²) < 4.78 is 19.1. The lowest BCUT2D eigenvalue weighted by Crippen LogP contribution is -2.44. The van der Waals surface area contributed by atoms with Crippen LogP contribution in [-0.2, 0) is 4.74 Å². The van der Waals surface area contributed by atoms with Crippen molar-refractivity contribution in [3.8, 4) is 11.3 Å². The van der Waals surface area contributed by atoms with Crippen LogP contribution in [0.1, 0.15) is 38.1 Å². The summed E-state index contributed by atoms with van der Waals surface area (Å²) in [6.07, 6.45) is 0. The molecule has 1 aliphatic rings. The third-order valence-electron chi connectivity index (χ3n) is 5.28. The van der Waals surface area contributed by atoms with Crippen molar-refractivity contribution < 1.29 is 13.9 Å². The lowest BCUT2D eigenvalue weighted by Gasteiger charge is -2.35. The fourth-order valence-electron chi connectivity index (χ4n) is 3.58. The molecule has 1 fully saturated rings. The number of carbonyl (C=O) groups is 1. The minimum atomic E-state index is -0.292. The number of rotatable bonds is 4. The first kappa shape index (κ1) is 22.7. The fourth-order valence-corrected chi connectivity index (χ4v) is 4.44. The summed E-state index contributed by atoms with van der Waals surface area (Å²) in [4.78, 5) is 24.8. The molecule has 0 unspecified atom stereocenters. The van der Waals surface area contributed by atoms with Gasteiger partial charge in [0.2, 0.25) is 5.12 Å². The van der Waals surface area contributed by atoms with E-state index in [-0.39, 0.29) is 22.4 Å². The zero-order chi connectivity index (χ0) is 22.9. The second-order valence-corrected chi connectivity index (χ2v) is 10.3. The number of thioether (sulfide) groups is 1. The summed E-state index contributed by atoms with van der Waals surface area (Å²) in [6.45, 7) is 10.3. The van der Waals surface area contributed by atoms with Crippen LogP contribution in [0.5, 0.6) is 0 Å². The van der Waals surface area contributed by atoms with Gasteiger partial charge in [-0.25, -0.2) is 14.4 Å². The van der Waals surface area contributed by atoms with Crippen molar-refractivity contribution in [1.29, 1.82) is 0 Å². The molecule has 0 saturated carbocycles. The van der Waals surface area contributed by atoms with Crippen LogP contribution in [-0.4, -0.2) is 46.6 Å². The molecule has 7 heteroatoms. The second-order valence-electron chi connectivity index (χ2n) is 9.36. The number of anilines is 1. The van der Waals surface area contributed by atoms with Gasteiger partial charge in [-0.15, -0.1) is 0 Å². The van der Waals surface area contributed by atoms with Crippen LogP contribution in [0.2, 0.25) is 0 Å². The summed E-state index contributed by atoms with van der Waals surface area (Å²) in [7, 11) is 0. The number of ether oxygens (including phenoxy) is 1. The molecule has 0 aliphatic carbocycles. The van der Waals surface area contributed by atoms with E-state index in [2.05, 4.69) is 32.6 Å². The molecule has 168 valence electrons. The van der Waals surface area contributed by atoms with Gasteiger partial charge >= 0.3 is 0 Å². The molecule has 4 rings (SSSR count). The van der Waals surface area contributed by atoms with Gasteiger partial charge in [-0.1, -0.05) is 32.5 Å². The molecule has 0 radical (unpaired) electrons. The number of hydrogen-bond donors (Lipinski definition) is 0. The van der Waals surface area contributed by atoms with E-state index < -0.39 is 0 Å². The number of aromatic nitrogens is 2. The van der Waals surface area contributed by atoms with Crippen molar-refractivity contribution in [3.05, 3.63) is 53.8 Å². The minimum absolute atomic E-state index is 0.0347. The van der Waals surface area contributed by atoms with Gasteiger partial charge in [-0.05, 0) is 54.8 Å². The normalized spacial score (nSPS) is 17.0. The van der Waals surface area contributed by atoms with E-state index in [1.165, 1.54) is 23.9 Å². The molecule has 2 heterocycles. The van der Waals surface area contributed by atoms with E-state index >= 15 is 0 Å². The Hall–Kier alpha value is -2.51. The Bertz CT molecular complexity index is 1130. The number of halogens is 1. The van der Waals surface area contributed by atoms with Crippen LogP contribution in [0.25, 0.3) is 22.3 Å². The second kappa shape index (κ2) is 9.16. The first-order valence-corrected chi connectivity index (χ1v) is 11.8. The molecular weight excluding hydrogens is 425 g/mol. The molecule has 2 aromatic carbocycles. The first-order chi connectivity index (χ1) is 15.2. The van der Waals surface area contributed by atoms with E-state index in [0.29, 0.717) is 42.0 Å². The van der Waals surface area contributed by atoms with Gasteiger partial charge in [0.25, 0.3) is 0 Å². The van der Waals surface area contributed by atoms with Gasteiger partial charge in [0.1, 0.15) is 11.5 Å². The topological polar surface area (TPSA) is 55.3 Å². The highest BCUT2D eigenvalue weighted by Crippen LogP contribution is 2.32. The largest absolute Gasteiger partial charge is 0.377 e. The average Bonchev–Trinajstić information content (AvgIpc) is 2.76. The standard InChI is InChI=1S/C25H28FN3O2S/c1-16-14-31-12-11-29(16)23-22(17-5-8-19(26)9-6-17)27-20-10-7-18(13-21(20)28-23)24(30)32-15-25(2,3)4/h5-10,13,16H,11-12,14-15H2,1-4H3/t16-/m0/s1. The van der Waals surface area contributed by atoms with Crippen LogP contribution in [0.3, 0.4) is 0 Å². The summed E-state index contributed by atoms with van der Waals surface area (Å²) in [5.41, 5.74) is 3.57. The van der Waals surface area contributed by atoms with Crippen LogP contribution in [0, 0.1) is 11.2 Å². The van der Waals surface area contributed by atoms with Gasteiger partial charge in [0.15, 0.2) is 5.82 Å². The molecule has 1 saturated heterocycles. The van der Waals surface area contributed by atoms with Gasteiger partial charge < -0.3 is 9.64 Å². The van der Waals surface area contributed by atoms with E-state index in [1.807, 2.05) is 12.1 Å². The Balaban J connectivity index is 1.78. The molecule has 0 amide bonds. The molecular formula is C25H28FN3O2S. The Labute approximate surface area is 192 Å². The highest BCUT2D eigenvalue weighted by Gasteiger charge is 2.25. The quantitative estimate of drug-likeness (QED) is 0.514. The number of nitrogens with zero attached hydrogens (tertiary/aromatic N) is 3. The fraction of sp³-hybridized carbons (Fsp3) is 0.400. The third kappa shape index (κ3) is 5.10. The molecule has 5 nitrogen and oxygen atoms in total. The van der Waals surface area contributed by atoms with Gasteiger partial charge in [-0.2, -0.15) is 0 Å². The highest BCUT2D eigenvalue weighted by atomic mass is 32.2. The SMILES string of the molecule is C[C@H]1COCCN1c1nc2cc(C(=O)SCC(C)(C)C)ccc2nc1-c1ccc(F)cc1. The summed E-state index contributed by atoms with van der Waals surface area (Å²) >= 11 is 1.33. The summed E-state index contributed by atoms with van der Waals surface area (Å²) in [6, 6.07) is 11.9. The van der Waals surface area contributed by atoms with E-state index in [9.17, 15) is 9.18 Å². The monoisotopic (exact) mass is 453 g/mol. The highest BCUT2D eigenvalue weighted by molar-refractivity contribution is 8.14. The summed E-state index contributed by atoms with van der Waals surface area (Å²) in [5.74, 6) is 1.18. The molecule has 1 atom stereocenters. The number of fused-ring (bicyclic) bond motifs is 1. The van der Waals surface area contributed by atoms with Crippen molar-refractivity contribution in [3.63, 3.8) is 0 Å². The van der Waals surface area contributed by atoms with Crippen molar-refractivity contribution in [2.45, 2.75) is 33.7 Å². The molecule has 32 heavy (non-hydrogen) atoms. The lowest BCUT2D eigenvalue weighted by molar-refractivity contribution is 0.0986. The zero-order valence-electron chi connectivity index (χ0n) is 18.9. The smallest absolute Gasteiger partial charge is 0.219 e. The molecule has 0 N–H and O–H groups in total. The average molecular weight is 454 g/mol. The van der Waals surface area contributed by atoms with Gasteiger partial charge in [-0.3, -0.25) is 4.79 Å². The van der Waals surface area contributed by atoms with Crippen molar-refractivity contribution in [1.82, 2.24) is 9.97 Å². The number of morpholine rings is 1. The first-order valence-electron chi connectivity index (χ1n) is 10.8. The number of carbonyl (C=O) groups excluding carboxylic acids is 1. The van der Waals surface area contributed by atoms with Crippen molar-refractivity contribution in [2.75, 3.05) is 30.4 Å². The Morgan fingerprint density at radius 3 is 2.59 bits per heavy atom. The van der Waals surface area contributed by atoms with Crippen molar-refractivity contribution >= 4 is 33.7 Å². The predicted octanol–water partition coefficient (Wildman–Crippen LogP) is 5.58. The Kier molecular flexibility index (Phi) is 6.49. The number of hydrogen-bond acceptors (Lipinski definition) is 6. The van der Waals surface area contributed by atoms with E-state index in [1.54, 1.807) is 18.2 Å². The Morgan fingerprint density at radius 2 is 1.91 bits per heavy atom. The maximum atomic E-state index is 13.5. The van der Waals surface area contributed by atoms with Gasteiger partial charge in [0.05, 0.1) is 30.3 Å². The van der Waals surface area contributed by atoms with Gasteiger partial charge in [0, 0.05) is 23.4 Å². The maximum absolute atomic E-state index is 13.5. The molecule has 0 spiro atoms. The molecule has 1 aromatic heterocycles. The van der Waals surface area contributed by atoms with Crippen LogP contribution in [0.4, 0.5) is 10.2 Å². The van der Waals surface area contributed by atoms with E-state index in [0.717, 1.165) is 17.1 Å². The predicted molar refractivity (Wildman–Crippen MR) is 129 cm³/mol.